The molecule has 0 atom stereocenters. The number of aromatic amines is 1. The number of H-pyrrole nitrogens is 1. The van der Waals surface area contributed by atoms with E-state index in [4.69, 9.17) is 9.84 Å². The molecule has 10 nitrogen and oxygen atoms in total. The minimum absolute atomic E-state index is 0.00751. The summed E-state index contributed by atoms with van der Waals surface area (Å²) in [6, 6.07) is 19.3. The van der Waals surface area contributed by atoms with Crippen molar-refractivity contribution < 1.29 is 23.1 Å². The summed E-state index contributed by atoms with van der Waals surface area (Å²) >= 11 is 0. The van der Waals surface area contributed by atoms with Crippen LogP contribution in [0.4, 0.5) is 5.69 Å². The van der Waals surface area contributed by atoms with Crippen molar-refractivity contribution in [3.05, 3.63) is 78.4 Å². The molecule has 0 unspecified atom stereocenters. The van der Waals surface area contributed by atoms with Crippen molar-refractivity contribution in [3.63, 3.8) is 0 Å². The van der Waals surface area contributed by atoms with Gasteiger partial charge in [0.15, 0.2) is 5.82 Å². The standard InChI is InChI=1S/C26H27N5O5S/c32-17-7-1-2-8-18-36-20-15-13-19(14-16-20)26(33)27-22-10-4-6-12-24(22)37(34,35)23-11-5-3-9-21(23)25-28-30-31-29-25/h3-6,9-16,32H,1-2,7-8,17-18H2,(H,27,33)(H,28,29,30,31). The summed E-state index contributed by atoms with van der Waals surface area (Å²) in [7, 11) is -4.04. The summed E-state index contributed by atoms with van der Waals surface area (Å²) in [5.41, 5.74) is 0.828. The van der Waals surface area contributed by atoms with Crippen LogP contribution in [0.1, 0.15) is 36.0 Å². The largest absolute Gasteiger partial charge is 0.494 e. The summed E-state index contributed by atoms with van der Waals surface area (Å²) in [6.45, 7) is 0.752. The molecule has 3 aromatic carbocycles. The minimum atomic E-state index is -4.04. The molecule has 11 heteroatoms. The third kappa shape index (κ3) is 6.38. The molecule has 0 spiro atoms. The van der Waals surface area contributed by atoms with Crippen LogP contribution in [0.2, 0.25) is 0 Å². The van der Waals surface area contributed by atoms with Crippen LogP contribution in [-0.4, -0.2) is 53.3 Å². The summed E-state index contributed by atoms with van der Waals surface area (Å²) in [5, 5.41) is 25.0. The number of nitrogens with zero attached hydrogens (tertiary/aromatic N) is 3. The Hall–Kier alpha value is -4.09. The number of unbranched alkanes of at least 4 members (excludes halogenated alkanes) is 3. The van der Waals surface area contributed by atoms with Crippen molar-refractivity contribution in [1.82, 2.24) is 20.6 Å². The Morgan fingerprint density at radius 1 is 0.892 bits per heavy atom. The number of tetrazole rings is 1. The molecule has 0 fully saturated rings. The minimum Gasteiger partial charge on any atom is -0.494 e. The highest BCUT2D eigenvalue weighted by Gasteiger charge is 2.26. The molecule has 0 aliphatic rings. The number of nitrogens with one attached hydrogen (secondary N) is 2. The Bertz CT molecular complexity index is 1420. The van der Waals surface area contributed by atoms with E-state index in [0.29, 0.717) is 23.5 Å². The first-order valence-corrected chi connectivity index (χ1v) is 13.3. The molecule has 3 N–H and O–H groups in total. The van der Waals surface area contributed by atoms with Gasteiger partial charge >= 0.3 is 0 Å². The zero-order chi connectivity index (χ0) is 26.1. The van der Waals surface area contributed by atoms with Crippen LogP contribution in [0, 0.1) is 0 Å². The number of sulfone groups is 1. The predicted octanol–water partition coefficient (Wildman–Crippen LogP) is 3.88. The lowest BCUT2D eigenvalue weighted by molar-refractivity contribution is 0.102. The Balaban J connectivity index is 1.49. The average molecular weight is 522 g/mol. The number of hydrogen-bond donors (Lipinski definition) is 3. The first-order valence-electron chi connectivity index (χ1n) is 11.8. The fourth-order valence-electron chi connectivity index (χ4n) is 3.75. The van der Waals surface area contributed by atoms with E-state index in [0.717, 1.165) is 25.7 Å². The quantitative estimate of drug-likeness (QED) is 0.238. The molecule has 1 heterocycles. The number of amides is 1. The molecule has 0 aliphatic heterocycles. The third-order valence-corrected chi connectivity index (χ3v) is 7.51. The van der Waals surface area contributed by atoms with Gasteiger partial charge in [-0.3, -0.25) is 4.79 Å². The molecular formula is C26H27N5O5S. The highest BCUT2D eigenvalue weighted by atomic mass is 32.2. The van der Waals surface area contributed by atoms with E-state index in [1.165, 1.54) is 18.2 Å². The molecule has 0 saturated heterocycles. The lowest BCUT2D eigenvalue weighted by atomic mass is 10.2. The van der Waals surface area contributed by atoms with E-state index >= 15 is 0 Å². The summed E-state index contributed by atoms with van der Waals surface area (Å²) < 4.78 is 33.0. The second-order valence-electron chi connectivity index (χ2n) is 8.21. The zero-order valence-electron chi connectivity index (χ0n) is 20.0. The van der Waals surface area contributed by atoms with Gasteiger partial charge in [-0.15, -0.1) is 5.10 Å². The zero-order valence-corrected chi connectivity index (χ0v) is 20.8. The molecule has 1 amide bonds. The summed E-state index contributed by atoms with van der Waals surface area (Å²) in [4.78, 5) is 12.9. The van der Waals surface area contributed by atoms with E-state index in [1.54, 1.807) is 54.6 Å². The first-order chi connectivity index (χ1) is 18.0. The Kier molecular flexibility index (Phi) is 8.60. The van der Waals surface area contributed by atoms with Gasteiger partial charge in [0.1, 0.15) is 5.75 Å². The van der Waals surface area contributed by atoms with Crippen molar-refractivity contribution >= 4 is 21.4 Å². The number of ether oxygens (including phenoxy) is 1. The number of hydrogen-bond acceptors (Lipinski definition) is 8. The van der Waals surface area contributed by atoms with Gasteiger partial charge in [-0.2, -0.15) is 0 Å². The molecule has 0 radical (unpaired) electrons. The molecular weight excluding hydrogens is 494 g/mol. The van der Waals surface area contributed by atoms with Crippen LogP contribution < -0.4 is 10.1 Å². The van der Waals surface area contributed by atoms with Crippen molar-refractivity contribution in [2.45, 2.75) is 35.5 Å². The van der Waals surface area contributed by atoms with E-state index in [1.807, 2.05) is 0 Å². The number of carbonyl (C=O) groups is 1. The van der Waals surface area contributed by atoms with E-state index < -0.39 is 15.7 Å². The van der Waals surface area contributed by atoms with Gasteiger partial charge in [-0.25, -0.2) is 13.5 Å². The molecule has 37 heavy (non-hydrogen) atoms. The monoisotopic (exact) mass is 521 g/mol. The van der Waals surface area contributed by atoms with Gasteiger partial charge in [0.2, 0.25) is 9.84 Å². The van der Waals surface area contributed by atoms with Gasteiger partial charge < -0.3 is 15.2 Å². The second-order valence-corrected chi connectivity index (χ2v) is 10.1. The van der Waals surface area contributed by atoms with E-state index in [-0.39, 0.29) is 27.9 Å². The SMILES string of the molecule is O=C(Nc1ccccc1S(=O)(=O)c1ccccc1-c1nnn[nH]1)c1ccc(OCCCCCCO)cc1. The van der Waals surface area contributed by atoms with Crippen LogP contribution in [0.15, 0.2) is 82.6 Å². The van der Waals surface area contributed by atoms with E-state index in [9.17, 15) is 13.2 Å². The maximum atomic E-state index is 13.7. The number of carbonyl (C=O) groups excluding carboxylic acids is 1. The lowest BCUT2D eigenvalue weighted by Gasteiger charge is -2.14. The van der Waals surface area contributed by atoms with Crippen molar-refractivity contribution in [1.29, 1.82) is 0 Å². The molecule has 4 rings (SSSR count). The number of rotatable bonds is 12. The maximum absolute atomic E-state index is 13.7. The average Bonchev–Trinajstić information content (AvgIpc) is 3.46. The van der Waals surface area contributed by atoms with Gasteiger partial charge in [0.05, 0.1) is 22.1 Å². The predicted molar refractivity (Wildman–Crippen MR) is 137 cm³/mol. The first kappa shape index (κ1) is 26.0. The topological polar surface area (TPSA) is 147 Å². The number of benzene rings is 3. The van der Waals surface area contributed by atoms with Crippen LogP contribution in [-0.2, 0) is 9.84 Å². The summed E-state index contributed by atoms with van der Waals surface area (Å²) in [6.07, 6.45) is 3.60. The Morgan fingerprint density at radius 2 is 1.59 bits per heavy atom. The van der Waals surface area contributed by atoms with Crippen LogP contribution in [0.25, 0.3) is 11.4 Å². The fraction of sp³-hybridized carbons (Fsp3) is 0.231. The Labute approximate surface area is 214 Å². The number of anilines is 1. The second kappa shape index (κ2) is 12.2. The van der Waals surface area contributed by atoms with Crippen LogP contribution in [0.3, 0.4) is 0 Å². The molecule has 192 valence electrons. The van der Waals surface area contributed by atoms with Gasteiger partial charge in [-0.05, 0) is 78.2 Å². The fourth-order valence-corrected chi connectivity index (χ4v) is 5.36. The Morgan fingerprint density at radius 3 is 2.32 bits per heavy atom. The van der Waals surface area contributed by atoms with Crippen LogP contribution >= 0.6 is 0 Å². The van der Waals surface area contributed by atoms with Gasteiger partial charge in [0.25, 0.3) is 5.91 Å². The molecule has 4 aromatic rings. The highest BCUT2D eigenvalue weighted by molar-refractivity contribution is 7.91. The van der Waals surface area contributed by atoms with Crippen LogP contribution in [0.5, 0.6) is 5.75 Å². The van der Waals surface area contributed by atoms with Crippen molar-refractivity contribution in [3.8, 4) is 17.1 Å². The molecule has 0 saturated carbocycles. The third-order valence-electron chi connectivity index (χ3n) is 5.64. The van der Waals surface area contributed by atoms with E-state index in [2.05, 4.69) is 25.9 Å². The number of aliphatic hydroxyl groups is 1. The van der Waals surface area contributed by atoms with Crippen molar-refractivity contribution in [2.75, 3.05) is 18.5 Å². The highest BCUT2D eigenvalue weighted by Crippen LogP contribution is 2.33. The number of aromatic nitrogens is 4. The van der Waals surface area contributed by atoms with Gasteiger partial charge in [-0.1, -0.05) is 30.7 Å². The number of aliphatic hydroxyl groups excluding tert-OH is 1. The smallest absolute Gasteiger partial charge is 0.255 e. The molecule has 0 bridgehead atoms. The lowest BCUT2D eigenvalue weighted by Crippen LogP contribution is -2.15. The van der Waals surface area contributed by atoms with Gasteiger partial charge in [0, 0.05) is 17.7 Å². The molecule has 0 aliphatic carbocycles. The maximum Gasteiger partial charge on any atom is 0.255 e. The summed E-state index contributed by atoms with van der Waals surface area (Å²) in [5.74, 6) is 0.402. The number of para-hydroxylation sites is 1. The van der Waals surface area contributed by atoms with Crippen molar-refractivity contribution in [2.24, 2.45) is 0 Å². The molecule has 1 aromatic heterocycles. The normalized spacial score (nSPS) is 11.3.